The van der Waals surface area contributed by atoms with Gasteiger partial charge in [0.25, 0.3) is 0 Å². The number of allylic oxidation sites excluding steroid dienone is 6. The molecular formula is C72H74. The molecule has 0 aliphatic heterocycles. The quantitative estimate of drug-likeness (QED) is 0.0895. The SMILES string of the molecule is Cc1cc(C)cc(/C=C(/C(=C(/C(=C(/C(=C/c2cc(C)cc(C)c2)c2cc(C)cc(C)c2)c2cc(C)cc(C)c2)c2cc(C)cc(C)c2)c2cc(C)cc(C)c2)c2cc(C)cc(C)c2)c2cc(C)cc(C)c2)c1. The van der Waals surface area contributed by atoms with Crippen molar-refractivity contribution in [1.82, 2.24) is 0 Å². The summed E-state index contributed by atoms with van der Waals surface area (Å²) in [6.45, 7) is 35.9. The highest BCUT2D eigenvalue weighted by Crippen LogP contribution is 2.52. The molecule has 0 spiro atoms. The summed E-state index contributed by atoms with van der Waals surface area (Å²) in [5, 5.41) is 0. The molecule has 0 aromatic heterocycles. The molecule has 8 aromatic carbocycles. The summed E-state index contributed by atoms with van der Waals surface area (Å²) in [7, 11) is 0. The Morgan fingerprint density at radius 1 is 0.181 bits per heavy atom. The number of benzene rings is 8. The number of rotatable bonds is 11. The lowest BCUT2D eigenvalue weighted by Gasteiger charge is -2.28. The average molecular weight is 939 g/mol. The molecule has 0 amide bonds. The lowest BCUT2D eigenvalue weighted by Crippen LogP contribution is -2.06. The van der Waals surface area contributed by atoms with Crippen LogP contribution in [0.4, 0.5) is 0 Å². The van der Waals surface area contributed by atoms with E-state index in [-0.39, 0.29) is 0 Å². The third-order valence-corrected chi connectivity index (χ3v) is 13.5. The summed E-state index contributed by atoms with van der Waals surface area (Å²) in [6.07, 6.45) is 4.96. The Morgan fingerprint density at radius 2 is 0.333 bits per heavy atom. The summed E-state index contributed by atoms with van der Waals surface area (Å²) >= 11 is 0. The van der Waals surface area contributed by atoms with Crippen molar-refractivity contribution >= 4 is 45.6 Å². The van der Waals surface area contributed by atoms with Crippen LogP contribution in [0.2, 0.25) is 0 Å². The molecule has 0 aliphatic rings. The van der Waals surface area contributed by atoms with Crippen LogP contribution >= 0.6 is 0 Å². The van der Waals surface area contributed by atoms with E-state index in [9.17, 15) is 0 Å². The van der Waals surface area contributed by atoms with Gasteiger partial charge >= 0.3 is 0 Å². The first kappa shape index (κ1) is 51.1. The Morgan fingerprint density at radius 3 is 0.528 bits per heavy atom. The minimum absolute atomic E-state index is 1.18. The monoisotopic (exact) mass is 939 g/mol. The molecule has 0 aliphatic carbocycles. The van der Waals surface area contributed by atoms with E-state index in [0.717, 1.165) is 0 Å². The standard InChI is InChI=1S/C72H74/c1-43-17-44(2)26-59(25-43)41-67(61-29-47(5)19-48(6)30-61)69(63-33-51(9)21-52(10)34-63)71(65-37-55(13)23-56(14)38-65)72(66-39-57(15)24-58(16)40-66)70(64-35-53(11)22-54(12)36-64)68(62-31-49(7)20-50(8)32-62)42-60-27-45(3)18-46(4)28-60/h17-42H,1-16H3/b67-41+,68-42+,71-69+,72-70+. The molecule has 0 atom stereocenters. The van der Waals surface area contributed by atoms with Gasteiger partial charge < -0.3 is 0 Å². The second-order valence-electron chi connectivity index (χ2n) is 21.7. The van der Waals surface area contributed by atoms with Gasteiger partial charge in [0.1, 0.15) is 0 Å². The topological polar surface area (TPSA) is 0 Å². The maximum absolute atomic E-state index is 2.48. The highest BCUT2D eigenvalue weighted by atomic mass is 14.3. The van der Waals surface area contributed by atoms with Crippen LogP contribution in [-0.2, 0) is 0 Å². The third-order valence-electron chi connectivity index (χ3n) is 13.5. The molecule has 0 saturated carbocycles. The number of hydrogen-bond donors (Lipinski definition) is 0. The molecule has 72 heavy (non-hydrogen) atoms. The van der Waals surface area contributed by atoms with Crippen LogP contribution < -0.4 is 0 Å². The fourth-order valence-electron chi connectivity index (χ4n) is 11.6. The zero-order chi connectivity index (χ0) is 51.7. The van der Waals surface area contributed by atoms with Crippen LogP contribution in [0.15, 0.2) is 146 Å². The summed E-state index contributed by atoms with van der Waals surface area (Å²) in [6, 6.07) is 56.9. The average Bonchev–Trinajstić information content (AvgIpc) is 3.23. The van der Waals surface area contributed by atoms with Crippen molar-refractivity contribution in [2.75, 3.05) is 0 Å². The molecule has 0 fully saturated rings. The van der Waals surface area contributed by atoms with Gasteiger partial charge in [-0.25, -0.2) is 0 Å². The minimum atomic E-state index is 1.18. The highest BCUT2D eigenvalue weighted by molar-refractivity contribution is 6.35. The largest absolute Gasteiger partial charge is 0.0563 e. The van der Waals surface area contributed by atoms with Crippen LogP contribution in [-0.4, -0.2) is 0 Å². The third kappa shape index (κ3) is 12.1. The Kier molecular flexibility index (Phi) is 15.0. The molecule has 0 bridgehead atoms. The van der Waals surface area contributed by atoms with Gasteiger partial charge in [0.2, 0.25) is 0 Å². The van der Waals surface area contributed by atoms with Gasteiger partial charge in [-0.2, -0.15) is 0 Å². The Labute approximate surface area is 433 Å². The van der Waals surface area contributed by atoms with Gasteiger partial charge in [-0.1, -0.05) is 235 Å². The lowest BCUT2D eigenvalue weighted by atomic mass is 9.74. The summed E-state index contributed by atoms with van der Waals surface area (Å²) in [4.78, 5) is 0. The van der Waals surface area contributed by atoms with Crippen LogP contribution in [0.3, 0.4) is 0 Å². The molecule has 0 N–H and O–H groups in total. The van der Waals surface area contributed by atoms with Crippen molar-refractivity contribution < 1.29 is 0 Å². The summed E-state index contributed by atoms with van der Waals surface area (Å²) in [5.41, 5.74) is 36.3. The first-order valence-electron chi connectivity index (χ1n) is 25.8. The second kappa shape index (κ2) is 21.2. The molecular weight excluding hydrogens is 865 g/mol. The van der Waals surface area contributed by atoms with Gasteiger partial charge in [-0.05, 0) is 201 Å². The smallest absolute Gasteiger partial charge is 0.00139 e. The van der Waals surface area contributed by atoms with Gasteiger partial charge in [0, 0.05) is 0 Å². The predicted octanol–water partition coefficient (Wildman–Crippen LogP) is 19.6. The van der Waals surface area contributed by atoms with E-state index in [1.807, 2.05) is 0 Å². The molecule has 0 radical (unpaired) electrons. The Hall–Kier alpha value is -7.28. The van der Waals surface area contributed by atoms with Crippen LogP contribution in [0, 0.1) is 111 Å². The number of aryl methyl sites for hydroxylation is 16. The first-order chi connectivity index (χ1) is 34.1. The lowest BCUT2D eigenvalue weighted by molar-refractivity contribution is 1.34. The molecule has 0 saturated heterocycles. The summed E-state index contributed by atoms with van der Waals surface area (Å²) < 4.78 is 0. The van der Waals surface area contributed by atoms with E-state index in [0.29, 0.717) is 0 Å². The fourth-order valence-corrected chi connectivity index (χ4v) is 11.6. The Bertz CT molecular complexity index is 3150. The maximum Gasteiger partial charge on any atom is -0.00139 e. The zero-order valence-corrected chi connectivity index (χ0v) is 46.0. The van der Waals surface area contributed by atoms with Crippen molar-refractivity contribution in [3.63, 3.8) is 0 Å². The molecule has 0 heteroatoms. The van der Waals surface area contributed by atoms with Crippen molar-refractivity contribution in [2.24, 2.45) is 0 Å². The van der Waals surface area contributed by atoms with E-state index < -0.39 is 0 Å². The first-order valence-corrected chi connectivity index (χ1v) is 25.8. The molecule has 0 unspecified atom stereocenters. The van der Waals surface area contributed by atoms with E-state index in [1.54, 1.807) is 0 Å². The van der Waals surface area contributed by atoms with E-state index >= 15 is 0 Å². The molecule has 0 nitrogen and oxygen atoms in total. The molecule has 362 valence electrons. The van der Waals surface area contributed by atoms with Gasteiger partial charge in [-0.15, -0.1) is 0 Å². The van der Waals surface area contributed by atoms with Crippen molar-refractivity contribution in [3.05, 3.63) is 279 Å². The van der Waals surface area contributed by atoms with Crippen molar-refractivity contribution in [1.29, 1.82) is 0 Å². The molecule has 8 rings (SSSR count). The van der Waals surface area contributed by atoms with Crippen LogP contribution in [0.1, 0.15) is 134 Å². The van der Waals surface area contributed by atoms with E-state index in [4.69, 9.17) is 0 Å². The fraction of sp³-hybridized carbons (Fsp3) is 0.222. The zero-order valence-electron chi connectivity index (χ0n) is 46.0. The number of hydrogen-bond acceptors (Lipinski definition) is 0. The minimum Gasteiger partial charge on any atom is -0.0563 e. The van der Waals surface area contributed by atoms with Crippen molar-refractivity contribution in [2.45, 2.75) is 111 Å². The molecule has 8 aromatic rings. The Balaban J connectivity index is 1.79. The van der Waals surface area contributed by atoms with E-state index in [2.05, 4.69) is 269 Å². The van der Waals surface area contributed by atoms with Gasteiger partial charge in [0.15, 0.2) is 0 Å². The highest BCUT2D eigenvalue weighted by Gasteiger charge is 2.29. The predicted molar refractivity (Wildman–Crippen MR) is 317 cm³/mol. The maximum atomic E-state index is 2.48. The normalized spacial score (nSPS) is 12.8. The van der Waals surface area contributed by atoms with Gasteiger partial charge in [-0.3, -0.25) is 0 Å². The van der Waals surface area contributed by atoms with Crippen LogP contribution in [0.5, 0.6) is 0 Å². The van der Waals surface area contributed by atoms with Crippen molar-refractivity contribution in [3.8, 4) is 0 Å². The molecule has 0 heterocycles. The van der Waals surface area contributed by atoms with Crippen LogP contribution in [0.25, 0.3) is 45.6 Å². The second-order valence-corrected chi connectivity index (χ2v) is 21.7. The van der Waals surface area contributed by atoms with E-state index in [1.165, 1.54) is 167 Å². The summed E-state index contributed by atoms with van der Waals surface area (Å²) in [5.74, 6) is 0. The van der Waals surface area contributed by atoms with Gasteiger partial charge in [0.05, 0.1) is 0 Å².